The Morgan fingerprint density at radius 1 is 1.19 bits per heavy atom. The first-order valence-electron chi connectivity index (χ1n) is 6.75. The molecule has 0 aromatic heterocycles. The van der Waals surface area contributed by atoms with Crippen molar-refractivity contribution in [2.75, 3.05) is 0 Å². The van der Waals surface area contributed by atoms with Gasteiger partial charge in [-0.15, -0.1) is 0 Å². The van der Waals surface area contributed by atoms with Crippen molar-refractivity contribution < 1.29 is 4.92 Å². The van der Waals surface area contributed by atoms with E-state index in [1.165, 1.54) is 23.3 Å². The lowest BCUT2D eigenvalue weighted by Gasteiger charge is -2.23. The number of benzene rings is 2. The number of rotatable bonds is 3. The Hall–Kier alpha value is -1.91. The number of nitrogens with zero attached hydrogens (tertiary/aromatic N) is 1. The highest BCUT2D eigenvalue weighted by Crippen LogP contribution is 2.33. The molecule has 0 bridgehead atoms. The smallest absolute Gasteiger partial charge is 0.272 e. The van der Waals surface area contributed by atoms with Crippen LogP contribution in [0.4, 0.5) is 5.69 Å². The van der Waals surface area contributed by atoms with Gasteiger partial charge in [-0.05, 0) is 42.5 Å². The molecule has 5 heteroatoms. The fourth-order valence-electron chi connectivity index (χ4n) is 3.10. The van der Waals surface area contributed by atoms with Crippen molar-refractivity contribution in [1.82, 2.24) is 0 Å². The summed E-state index contributed by atoms with van der Waals surface area (Å²) in [7, 11) is 0. The predicted molar refractivity (Wildman–Crippen MR) is 82.6 cm³/mol. The van der Waals surface area contributed by atoms with E-state index < -0.39 is 5.54 Å². The summed E-state index contributed by atoms with van der Waals surface area (Å²) in [6.07, 6.45) is 1.90. The fraction of sp³-hybridized carbons (Fsp3) is 0.250. The second-order valence-electron chi connectivity index (χ2n) is 5.69. The van der Waals surface area contributed by atoms with Crippen LogP contribution in [-0.2, 0) is 19.3 Å². The Morgan fingerprint density at radius 3 is 2.38 bits per heavy atom. The van der Waals surface area contributed by atoms with Crippen LogP contribution in [0.3, 0.4) is 0 Å². The molecule has 21 heavy (non-hydrogen) atoms. The van der Waals surface area contributed by atoms with Gasteiger partial charge in [0.2, 0.25) is 0 Å². The van der Waals surface area contributed by atoms with Gasteiger partial charge in [0.25, 0.3) is 5.69 Å². The van der Waals surface area contributed by atoms with E-state index in [0.717, 1.165) is 12.8 Å². The molecule has 0 saturated heterocycles. The van der Waals surface area contributed by atoms with Crippen molar-refractivity contribution in [3.05, 3.63) is 74.3 Å². The summed E-state index contributed by atoms with van der Waals surface area (Å²) < 4.78 is 0. The third-order valence-electron chi connectivity index (χ3n) is 3.98. The number of halogens is 1. The summed E-state index contributed by atoms with van der Waals surface area (Å²) in [6, 6.07) is 12.8. The van der Waals surface area contributed by atoms with Crippen LogP contribution < -0.4 is 5.73 Å². The fourth-order valence-corrected chi connectivity index (χ4v) is 3.30. The van der Waals surface area contributed by atoms with Gasteiger partial charge in [-0.25, -0.2) is 0 Å². The van der Waals surface area contributed by atoms with E-state index in [2.05, 4.69) is 12.1 Å². The second kappa shape index (κ2) is 5.13. The number of hydrogen-bond donors (Lipinski definition) is 1. The Balaban J connectivity index is 1.91. The molecule has 0 saturated carbocycles. The molecule has 4 nitrogen and oxygen atoms in total. The molecule has 0 radical (unpaired) electrons. The minimum atomic E-state index is -0.487. The van der Waals surface area contributed by atoms with Crippen molar-refractivity contribution in [2.45, 2.75) is 24.8 Å². The molecule has 0 aliphatic heterocycles. The van der Waals surface area contributed by atoms with Crippen LogP contribution in [0.1, 0.15) is 16.7 Å². The molecule has 2 aromatic carbocycles. The molecule has 108 valence electrons. The van der Waals surface area contributed by atoms with E-state index >= 15 is 0 Å². The van der Waals surface area contributed by atoms with Gasteiger partial charge in [0.15, 0.2) is 0 Å². The van der Waals surface area contributed by atoms with Gasteiger partial charge in [-0.3, -0.25) is 10.1 Å². The first-order chi connectivity index (χ1) is 9.97. The molecule has 0 unspecified atom stereocenters. The first-order valence-corrected chi connectivity index (χ1v) is 7.13. The van der Waals surface area contributed by atoms with Crippen molar-refractivity contribution >= 4 is 17.3 Å². The number of nitro groups is 1. The molecule has 0 atom stereocenters. The van der Waals surface area contributed by atoms with Crippen LogP contribution in [0, 0.1) is 10.1 Å². The summed E-state index contributed by atoms with van der Waals surface area (Å²) in [4.78, 5) is 10.8. The van der Waals surface area contributed by atoms with Gasteiger partial charge in [-0.2, -0.15) is 0 Å². The van der Waals surface area contributed by atoms with Gasteiger partial charge in [0.1, 0.15) is 0 Å². The summed E-state index contributed by atoms with van der Waals surface area (Å²) in [6.45, 7) is 0. The molecule has 0 fully saturated rings. The van der Waals surface area contributed by atoms with Gasteiger partial charge in [-0.1, -0.05) is 35.9 Å². The zero-order chi connectivity index (χ0) is 15.0. The lowest BCUT2D eigenvalue weighted by atomic mass is 9.88. The van der Waals surface area contributed by atoms with Gasteiger partial charge in [0, 0.05) is 22.2 Å². The van der Waals surface area contributed by atoms with Crippen LogP contribution in [0.15, 0.2) is 42.5 Å². The second-order valence-corrected chi connectivity index (χ2v) is 6.13. The highest BCUT2D eigenvalue weighted by molar-refractivity contribution is 6.30. The number of nitro benzene ring substituents is 1. The number of fused-ring (bicyclic) bond motifs is 1. The van der Waals surface area contributed by atoms with Crippen LogP contribution in [0.5, 0.6) is 0 Å². The van der Waals surface area contributed by atoms with Crippen LogP contribution in [-0.4, -0.2) is 10.5 Å². The van der Waals surface area contributed by atoms with E-state index in [1.807, 2.05) is 12.1 Å². The Kier molecular flexibility index (Phi) is 3.43. The van der Waals surface area contributed by atoms with E-state index in [4.69, 9.17) is 17.3 Å². The average Bonchev–Trinajstić information content (AvgIpc) is 2.73. The first kappa shape index (κ1) is 14.0. The average molecular weight is 303 g/mol. The molecule has 2 aromatic rings. The van der Waals surface area contributed by atoms with Crippen molar-refractivity contribution in [3.63, 3.8) is 0 Å². The zero-order valence-electron chi connectivity index (χ0n) is 11.4. The molecule has 0 amide bonds. The maximum Gasteiger partial charge on any atom is 0.272 e. The number of hydrogen-bond acceptors (Lipinski definition) is 3. The van der Waals surface area contributed by atoms with Gasteiger partial charge >= 0.3 is 0 Å². The molecule has 0 heterocycles. The van der Waals surface area contributed by atoms with Gasteiger partial charge in [0.05, 0.1) is 4.92 Å². The van der Waals surface area contributed by atoms with E-state index in [1.54, 1.807) is 6.07 Å². The highest BCUT2D eigenvalue weighted by Gasteiger charge is 2.35. The molecule has 1 aliphatic carbocycles. The molecule has 0 spiro atoms. The third-order valence-corrected chi connectivity index (χ3v) is 4.22. The molecule has 3 rings (SSSR count). The van der Waals surface area contributed by atoms with E-state index in [9.17, 15) is 10.1 Å². The SMILES string of the molecule is NC1(Cc2cc(Cl)ccc2[N+](=O)[O-])Cc2ccccc2C1. The summed E-state index contributed by atoms with van der Waals surface area (Å²) in [5, 5.41) is 11.6. The highest BCUT2D eigenvalue weighted by atomic mass is 35.5. The lowest BCUT2D eigenvalue weighted by molar-refractivity contribution is -0.385. The number of nitrogens with two attached hydrogens (primary N) is 1. The molecule has 1 aliphatic rings. The zero-order valence-corrected chi connectivity index (χ0v) is 12.1. The van der Waals surface area contributed by atoms with Gasteiger partial charge < -0.3 is 5.73 Å². The van der Waals surface area contributed by atoms with Crippen LogP contribution in [0.2, 0.25) is 5.02 Å². The minimum Gasteiger partial charge on any atom is -0.324 e. The largest absolute Gasteiger partial charge is 0.324 e. The van der Waals surface area contributed by atoms with E-state index in [0.29, 0.717) is 17.0 Å². The van der Waals surface area contributed by atoms with Crippen molar-refractivity contribution in [3.8, 4) is 0 Å². The van der Waals surface area contributed by atoms with Crippen LogP contribution in [0.25, 0.3) is 0 Å². The normalized spacial score (nSPS) is 15.7. The summed E-state index contributed by atoms with van der Waals surface area (Å²) in [5.41, 5.74) is 9.14. The Labute approximate surface area is 127 Å². The Bertz CT molecular complexity index is 690. The monoisotopic (exact) mass is 302 g/mol. The molecular formula is C16H15ClN2O2. The lowest BCUT2D eigenvalue weighted by Crippen LogP contribution is -2.43. The quantitative estimate of drug-likeness (QED) is 0.698. The van der Waals surface area contributed by atoms with E-state index in [-0.39, 0.29) is 10.6 Å². The van der Waals surface area contributed by atoms with Crippen molar-refractivity contribution in [1.29, 1.82) is 0 Å². The topological polar surface area (TPSA) is 69.2 Å². The Morgan fingerprint density at radius 2 is 1.81 bits per heavy atom. The third kappa shape index (κ3) is 2.77. The standard InChI is InChI=1S/C16H15ClN2O2/c17-14-5-6-15(19(20)21)13(7-14)10-16(18)8-11-3-1-2-4-12(11)9-16/h1-7H,8-10,18H2. The maximum atomic E-state index is 11.2. The summed E-state index contributed by atoms with van der Waals surface area (Å²) >= 11 is 5.98. The van der Waals surface area contributed by atoms with Crippen molar-refractivity contribution in [2.24, 2.45) is 5.73 Å². The minimum absolute atomic E-state index is 0.0835. The maximum absolute atomic E-state index is 11.2. The summed E-state index contributed by atoms with van der Waals surface area (Å²) in [5.74, 6) is 0. The molecule has 2 N–H and O–H groups in total. The predicted octanol–water partition coefficient (Wildman–Crippen LogP) is 3.29. The van der Waals surface area contributed by atoms with Crippen LogP contribution >= 0.6 is 11.6 Å². The molecular weight excluding hydrogens is 288 g/mol.